The van der Waals surface area contributed by atoms with Gasteiger partial charge in [-0.05, 0) is 38.4 Å². The Kier molecular flexibility index (Phi) is 3.34. The number of aryl methyl sites for hydroxylation is 1. The van der Waals surface area contributed by atoms with Gasteiger partial charge in [0, 0.05) is 18.4 Å². The van der Waals surface area contributed by atoms with Gasteiger partial charge >= 0.3 is 0 Å². The van der Waals surface area contributed by atoms with E-state index in [1.54, 1.807) is 0 Å². The third-order valence-electron chi connectivity index (χ3n) is 2.82. The average Bonchev–Trinajstić information content (AvgIpc) is 2.71. The molecule has 1 aromatic rings. The zero-order chi connectivity index (χ0) is 10.7. The Morgan fingerprint density at radius 2 is 2.40 bits per heavy atom. The van der Waals surface area contributed by atoms with E-state index in [1.165, 1.54) is 0 Å². The van der Waals surface area contributed by atoms with Crippen molar-refractivity contribution in [1.82, 2.24) is 10.3 Å². The van der Waals surface area contributed by atoms with Crippen LogP contribution in [-0.4, -0.2) is 24.2 Å². The summed E-state index contributed by atoms with van der Waals surface area (Å²) in [4.78, 5) is 4.28. The lowest BCUT2D eigenvalue weighted by atomic mass is 10.1. The van der Waals surface area contributed by atoms with Crippen molar-refractivity contribution in [3.05, 3.63) is 29.6 Å². The molecule has 0 amide bonds. The highest BCUT2D eigenvalue weighted by Crippen LogP contribution is 2.19. The van der Waals surface area contributed by atoms with Gasteiger partial charge < -0.3 is 10.1 Å². The molecule has 2 heterocycles. The fraction of sp³-hybridized carbons (Fsp3) is 0.583. The van der Waals surface area contributed by atoms with Crippen molar-refractivity contribution in [2.45, 2.75) is 32.5 Å². The molecule has 1 fully saturated rings. The molecule has 0 radical (unpaired) electrons. The summed E-state index contributed by atoms with van der Waals surface area (Å²) in [5.74, 6) is 0. The fourth-order valence-electron chi connectivity index (χ4n) is 1.83. The fourth-order valence-corrected chi connectivity index (χ4v) is 1.83. The molecule has 0 bridgehead atoms. The Labute approximate surface area is 90.9 Å². The smallest absolute Gasteiger partial charge is 0.0816 e. The highest BCUT2D eigenvalue weighted by molar-refractivity contribution is 5.15. The summed E-state index contributed by atoms with van der Waals surface area (Å²) in [6, 6.07) is 4.12. The molecule has 0 spiro atoms. The number of nitrogens with one attached hydrogen (secondary N) is 1. The number of nitrogens with zero attached hydrogens (tertiary/aromatic N) is 1. The highest BCUT2D eigenvalue weighted by atomic mass is 16.5. The van der Waals surface area contributed by atoms with E-state index in [-0.39, 0.29) is 6.10 Å². The molecule has 0 saturated carbocycles. The van der Waals surface area contributed by atoms with Gasteiger partial charge in [-0.3, -0.25) is 4.98 Å². The van der Waals surface area contributed by atoms with Crippen molar-refractivity contribution in [1.29, 1.82) is 0 Å². The van der Waals surface area contributed by atoms with Gasteiger partial charge in [-0.25, -0.2) is 0 Å². The van der Waals surface area contributed by atoms with E-state index in [2.05, 4.69) is 23.3 Å². The van der Waals surface area contributed by atoms with Crippen LogP contribution in [0.2, 0.25) is 0 Å². The van der Waals surface area contributed by atoms with E-state index in [9.17, 15) is 0 Å². The lowest BCUT2D eigenvalue weighted by Crippen LogP contribution is -2.18. The first kappa shape index (κ1) is 10.6. The molecular formula is C12H18N2O. The van der Waals surface area contributed by atoms with Crippen LogP contribution >= 0.6 is 0 Å². The van der Waals surface area contributed by atoms with Gasteiger partial charge in [-0.15, -0.1) is 0 Å². The second-order valence-electron chi connectivity index (χ2n) is 4.13. The summed E-state index contributed by atoms with van der Waals surface area (Å²) in [7, 11) is 0. The second-order valence-corrected chi connectivity index (χ2v) is 4.13. The van der Waals surface area contributed by atoms with E-state index in [4.69, 9.17) is 4.74 Å². The van der Waals surface area contributed by atoms with Crippen LogP contribution in [0.4, 0.5) is 0 Å². The number of hydrogen-bond acceptors (Lipinski definition) is 3. The SMILES string of the molecule is Cc1ccc(C(C)OC2CCNC2)cn1. The first-order valence-electron chi connectivity index (χ1n) is 5.54. The molecule has 1 N–H and O–H groups in total. The third-order valence-corrected chi connectivity index (χ3v) is 2.82. The zero-order valence-electron chi connectivity index (χ0n) is 9.36. The van der Waals surface area contributed by atoms with E-state index in [0.717, 1.165) is 30.8 Å². The van der Waals surface area contributed by atoms with Crippen molar-refractivity contribution in [2.75, 3.05) is 13.1 Å². The first-order chi connectivity index (χ1) is 7.25. The number of ether oxygens (including phenoxy) is 1. The summed E-state index contributed by atoms with van der Waals surface area (Å²) in [5.41, 5.74) is 2.21. The van der Waals surface area contributed by atoms with E-state index in [0.29, 0.717) is 6.10 Å². The van der Waals surface area contributed by atoms with Gasteiger partial charge in [-0.2, -0.15) is 0 Å². The number of aromatic nitrogens is 1. The first-order valence-corrected chi connectivity index (χ1v) is 5.54. The molecule has 0 aromatic carbocycles. The minimum atomic E-state index is 0.142. The Morgan fingerprint density at radius 3 is 3.00 bits per heavy atom. The van der Waals surface area contributed by atoms with E-state index < -0.39 is 0 Å². The Balaban J connectivity index is 1.94. The normalized spacial score (nSPS) is 22.9. The molecule has 3 nitrogen and oxygen atoms in total. The van der Waals surface area contributed by atoms with Gasteiger partial charge in [0.05, 0.1) is 12.2 Å². The van der Waals surface area contributed by atoms with Crippen LogP contribution in [0, 0.1) is 6.92 Å². The lowest BCUT2D eigenvalue weighted by Gasteiger charge is -2.17. The van der Waals surface area contributed by atoms with Crippen LogP contribution in [0.25, 0.3) is 0 Å². The molecule has 2 unspecified atom stereocenters. The van der Waals surface area contributed by atoms with Crippen LogP contribution in [0.5, 0.6) is 0 Å². The molecule has 0 aliphatic carbocycles. The predicted molar refractivity (Wildman–Crippen MR) is 59.7 cm³/mol. The predicted octanol–water partition coefficient (Wildman–Crippen LogP) is 1.83. The van der Waals surface area contributed by atoms with E-state index in [1.807, 2.05) is 19.2 Å². The van der Waals surface area contributed by atoms with Gasteiger partial charge in [-0.1, -0.05) is 6.07 Å². The largest absolute Gasteiger partial charge is 0.369 e. The summed E-state index contributed by atoms with van der Waals surface area (Å²) in [6.07, 6.45) is 3.52. The monoisotopic (exact) mass is 206 g/mol. The van der Waals surface area contributed by atoms with Crippen molar-refractivity contribution in [2.24, 2.45) is 0 Å². The summed E-state index contributed by atoms with van der Waals surface area (Å²) in [6.45, 7) is 6.13. The summed E-state index contributed by atoms with van der Waals surface area (Å²) in [5, 5.41) is 3.30. The maximum absolute atomic E-state index is 5.93. The van der Waals surface area contributed by atoms with Gasteiger partial charge in [0.1, 0.15) is 0 Å². The van der Waals surface area contributed by atoms with Crippen LogP contribution in [-0.2, 0) is 4.74 Å². The maximum atomic E-state index is 5.93. The van der Waals surface area contributed by atoms with Crippen LogP contribution < -0.4 is 5.32 Å². The molecule has 1 aliphatic heterocycles. The third kappa shape index (κ3) is 2.76. The molecule has 82 valence electrons. The minimum absolute atomic E-state index is 0.142. The number of rotatable bonds is 3. The molecule has 3 heteroatoms. The zero-order valence-corrected chi connectivity index (χ0v) is 9.36. The summed E-state index contributed by atoms with van der Waals surface area (Å²) < 4.78 is 5.93. The molecule has 1 saturated heterocycles. The topological polar surface area (TPSA) is 34.1 Å². The number of pyridine rings is 1. The highest BCUT2D eigenvalue weighted by Gasteiger charge is 2.18. The molecular weight excluding hydrogens is 188 g/mol. The van der Waals surface area contributed by atoms with Crippen LogP contribution in [0.15, 0.2) is 18.3 Å². The average molecular weight is 206 g/mol. The van der Waals surface area contributed by atoms with Crippen LogP contribution in [0.3, 0.4) is 0 Å². The number of hydrogen-bond donors (Lipinski definition) is 1. The van der Waals surface area contributed by atoms with Crippen molar-refractivity contribution in [3.8, 4) is 0 Å². The van der Waals surface area contributed by atoms with E-state index >= 15 is 0 Å². The second kappa shape index (κ2) is 4.73. The molecule has 1 aromatic heterocycles. The Bertz CT molecular complexity index is 304. The summed E-state index contributed by atoms with van der Waals surface area (Å²) >= 11 is 0. The van der Waals surface area contributed by atoms with Gasteiger partial charge in [0.2, 0.25) is 0 Å². The lowest BCUT2D eigenvalue weighted by molar-refractivity contribution is 0.00811. The Hall–Kier alpha value is -0.930. The van der Waals surface area contributed by atoms with Crippen molar-refractivity contribution < 1.29 is 4.74 Å². The maximum Gasteiger partial charge on any atom is 0.0816 e. The van der Waals surface area contributed by atoms with Crippen molar-refractivity contribution >= 4 is 0 Å². The van der Waals surface area contributed by atoms with Crippen LogP contribution in [0.1, 0.15) is 30.7 Å². The van der Waals surface area contributed by atoms with Gasteiger partial charge in [0.25, 0.3) is 0 Å². The van der Waals surface area contributed by atoms with Gasteiger partial charge in [0.15, 0.2) is 0 Å². The minimum Gasteiger partial charge on any atom is -0.369 e. The molecule has 1 aliphatic rings. The van der Waals surface area contributed by atoms with Crippen molar-refractivity contribution in [3.63, 3.8) is 0 Å². The molecule has 2 rings (SSSR count). The standard InChI is InChI=1S/C12H18N2O/c1-9-3-4-11(7-14-9)10(2)15-12-5-6-13-8-12/h3-4,7,10,12-13H,5-6,8H2,1-2H3. The molecule has 2 atom stereocenters. The quantitative estimate of drug-likeness (QED) is 0.819. The molecule has 15 heavy (non-hydrogen) atoms. The Morgan fingerprint density at radius 1 is 1.53 bits per heavy atom.